The zero-order valence-corrected chi connectivity index (χ0v) is 7.08. The van der Waals surface area contributed by atoms with Gasteiger partial charge in [0.1, 0.15) is 5.60 Å². The molecule has 1 fully saturated rings. The number of carbonyl (C=O) groups is 1. The second-order valence-corrected chi connectivity index (χ2v) is 3.57. The molecule has 1 saturated heterocycles. The molecule has 2 unspecified atom stereocenters. The molecule has 0 aromatic rings. The molecule has 0 bridgehead atoms. The van der Waals surface area contributed by atoms with Gasteiger partial charge in [0, 0.05) is 6.42 Å². The molecular weight excluding hydrogens is 156 g/mol. The predicted molar refractivity (Wildman–Crippen MR) is 42.6 cm³/mol. The minimum atomic E-state index is -0.741. The molecule has 3 nitrogen and oxygen atoms in total. The third kappa shape index (κ3) is 1.09. The van der Waals surface area contributed by atoms with E-state index >= 15 is 0 Å². The number of hydrogen-bond acceptors (Lipinski definition) is 3. The summed E-state index contributed by atoms with van der Waals surface area (Å²) in [7, 11) is 0. The Labute approximate surface area is 71.3 Å². The summed E-state index contributed by atoms with van der Waals surface area (Å²) < 4.78 is 11.0. The number of aldehydes is 1. The van der Waals surface area contributed by atoms with Gasteiger partial charge in [0.15, 0.2) is 12.1 Å². The van der Waals surface area contributed by atoms with Crippen LogP contribution in [0.5, 0.6) is 0 Å². The van der Waals surface area contributed by atoms with E-state index in [1.165, 1.54) is 0 Å². The van der Waals surface area contributed by atoms with Crippen molar-refractivity contribution in [1.29, 1.82) is 0 Å². The fourth-order valence-corrected chi connectivity index (χ4v) is 1.61. The van der Waals surface area contributed by atoms with E-state index in [0.717, 1.165) is 19.1 Å². The first-order valence-corrected chi connectivity index (χ1v) is 4.16. The average Bonchev–Trinajstić information content (AvgIpc) is 2.63. The van der Waals surface area contributed by atoms with Crippen LogP contribution >= 0.6 is 0 Å². The van der Waals surface area contributed by atoms with Crippen molar-refractivity contribution < 1.29 is 14.3 Å². The molecule has 0 radical (unpaired) electrons. The summed E-state index contributed by atoms with van der Waals surface area (Å²) in [6.07, 6.45) is 6.54. The zero-order chi connectivity index (χ0) is 8.66. The lowest BCUT2D eigenvalue weighted by Gasteiger charge is -2.21. The van der Waals surface area contributed by atoms with Crippen molar-refractivity contribution in [2.75, 3.05) is 6.61 Å². The largest absolute Gasteiger partial charge is 0.343 e. The Bertz CT molecular complexity index is 236. The first-order valence-electron chi connectivity index (χ1n) is 4.16. The third-order valence-electron chi connectivity index (χ3n) is 2.29. The Balaban J connectivity index is 2.15. The molecule has 0 amide bonds. The Morgan fingerprint density at radius 3 is 2.92 bits per heavy atom. The van der Waals surface area contributed by atoms with E-state index in [1.807, 2.05) is 12.2 Å². The Kier molecular flexibility index (Phi) is 1.59. The SMILES string of the molecule is CC1(C=O)COC2(C=CCC2)O1. The van der Waals surface area contributed by atoms with Crippen molar-refractivity contribution in [3.8, 4) is 0 Å². The molecule has 1 heterocycles. The molecule has 2 atom stereocenters. The van der Waals surface area contributed by atoms with Crippen molar-refractivity contribution in [2.45, 2.75) is 31.2 Å². The average molecular weight is 168 g/mol. The molecule has 3 heteroatoms. The second-order valence-electron chi connectivity index (χ2n) is 3.57. The van der Waals surface area contributed by atoms with Gasteiger partial charge in [-0.3, -0.25) is 0 Å². The van der Waals surface area contributed by atoms with Gasteiger partial charge in [-0.2, -0.15) is 0 Å². The standard InChI is InChI=1S/C9H12O3/c1-8(6-10)7-11-9(12-8)4-2-3-5-9/h2,4,6H,3,5,7H2,1H3. The van der Waals surface area contributed by atoms with Gasteiger partial charge in [-0.1, -0.05) is 6.08 Å². The maximum Gasteiger partial charge on any atom is 0.189 e. The quantitative estimate of drug-likeness (QED) is 0.433. The Hall–Kier alpha value is -0.670. The summed E-state index contributed by atoms with van der Waals surface area (Å²) in [6.45, 7) is 2.11. The van der Waals surface area contributed by atoms with Crippen molar-refractivity contribution in [2.24, 2.45) is 0 Å². The van der Waals surface area contributed by atoms with Gasteiger partial charge in [-0.15, -0.1) is 0 Å². The molecule has 0 N–H and O–H groups in total. The minimum Gasteiger partial charge on any atom is -0.343 e. The van der Waals surface area contributed by atoms with Crippen LogP contribution in [0.3, 0.4) is 0 Å². The summed E-state index contributed by atoms with van der Waals surface area (Å²) in [5, 5.41) is 0. The summed E-state index contributed by atoms with van der Waals surface area (Å²) in [6, 6.07) is 0. The van der Waals surface area contributed by atoms with Crippen LogP contribution < -0.4 is 0 Å². The summed E-state index contributed by atoms with van der Waals surface area (Å²) in [5.41, 5.74) is -0.741. The van der Waals surface area contributed by atoms with Crippen LogP contribution in [0, 0.1) is 0 Å². The Morgan fingerprint density at radius 1 is 1.58 bits per heavy atom. The molecule has 2 rings (SSSR count). The molecular formula is C9H12O3. The number of rotatable bonds is 1. The number of hydrogen-bond donors (Lipinski definition) is 0. The van der Waals surface area contributed by atoms with Gasteiger partial charge in [0.25, 0.3) is 0 Å². The van der Waals surface area contributed by atoms with E-state index in [0.29, 0.717) is 6.61 Å². The highest BCUT2D eigenvalue weighted by molar-refractivity contribution is 5.62. The summed E-state index contributed by atoms with van der Waals surface area (Å²) >= 11 is 0. The van der Waals surface area contributed by atoms with Gasteiger partial charge in [-0.25, -0.2) is 0 Å². The highest BCUT2D eigenvalue weighted by Crippen LogP contribution is 2.37. The van der Waals surface area contributed by atoms with Gasteiger partial charge < -0.3 is 14.3 Å². The fourth-order valence-electron chi connectivity index (χ4n) is 1.61. The first-order chi connectivity index (χ1) is 5.68. The number of allylic oxidation sites excluding steroid dienone is 1. The smallest absolute Gasteiger partial charge is 0.189 e. The molecule has 0 aromatic heterocycles. The van der Waals surface area contributed by atoms with Crippen molar-refractivity contribution in [3.05, 3.63) is 12.2 Å². The lowest BCUT2D eigenvalue weighted by atomic mass is 10.1. The molecule has 66 valence electrons. The van der Waals surface area contributed by atoms with Crippen molar-refractivity contribution in [3.63, 3.8) is 0 Å². The van der Waals surface area contributed by atoms with E-state index < -0.39 is 11.4 Å². The molecule has 1 spiro atoms. The summed E-state index contributed by atoms with van der Waals surface area (Å²) in [4.78, 5) is 10.6. The van der Waals surface area contributed by atoms with Crippen LogP contribution in [0.2, 0.25) is 0 Å². The van der Waals surface area contributed by atoms with Gasteiger partial charge in [-0.05, 0) is 19.4 Å². The van der Waals surface area contributed by atoms with E-state index in [9.17, 15) is 4.79 Å². The topological polar surface area (TPSA) is 35.5 Å². The zero-order valence-electron chi connectivity index (χ0n) is 7.08. The molecule has 1 aliphatic carbocycles. The van der Waals surface area contributed by atoms with Crippen LogP contribution in [-0.2, 0) is 14.3 Å². The maximum absolute atomic E-state index is 10.6. The lowest BCUT2D eigenvalue weighted by Crippen LogP contribution is -2.33. The normalized spacial score (nSPS) is 45.8. The van der Waals surface area contributed by atoms with Crippen LogP contribution in [0.4, 0.5) is 0 Å². The molecule has 12 heavy (non-hydrogen) atoms. The molecule has 1 aliphatic heterocycles. The van der Waals surface area contributed by atoms with Gasteiger partial charge >= 0.3 is 0 Å². The highest BCUT2D eigenvalue weighted by Gasteiger charge is 2.47. The maximum atomic E-state index is 10.6. The predicted octanol–water partition coefficient (Wildman–Crippen LogP) is 1.04. The van der Waals surface area contributed by atoms with E-state index in [2.05, 4.69) is 0 Å². The highest BCUT2D eigenvalue weighted by atomic mass is 16.8. The Morgan fingerprint density at radius 2 is 2.42 bits per heavy atom. The molecule has 2 aliphatic rings. The van der Waals surface area contributed by atoms with E-state index in [4.69, 9.17) is 9.47 Å². The van der Waals surface area contributed by atoms with Crippen LogP contribution in [0.15, 0.2) is 12.2 Å². The molecule has 0 aromatic carbocycles. The number of carbonyl (C=O) groups excluding carboxylic acids is 1. The fraction of sp³-hybridized carbons (Fsp3) is 0.667. The van der Waals surface area contributed by atoms with Crippen LogP contribution in [-0.4, -0.2) is 24.3 Å². The first kappa shape index (κ1) is 7.95. The molecule has 0 saturated carbocycles. The van der Waals surface area contributed by atoms with Gasteiger partial charge in [0.2, 0.25) is 0 Å². The van der Waals surface area contributed by atoms with Gasteiger partial charge in [0.05, 0.1) is 6.61 Å². The van der Waals surface area contributed by atoms with E-state index in [1.54, 1.807) is 6.92 Å². The lowest BCUT2D eigenvalue weighted by molar-refractivity contribution is -0.154. The van der Waals surface area contributed by atoms with Crippen LogP contribution in [0.1, 0.15) is 19.8 Å². The van der Waals surface area contributed by atoms with Crippen molar-refractivity contribution >= 4 is 6.29 Å². The van der Waals surface area contributed by atoms with Crippen LogP contribution in [0.25, 0.3) is 0 Å². The van der Waals surface area contributed by atoms with E-state index in [-0.39, 0.29) is 0 Å². The number of ether oxygens (including phenoxy) is 2. The minimum absolute atomic E-state index is 0.362. The second kappa shape index (κ2) is 2.41. The summed E-state index contributed by atoms with van der Waals surface area (Å²) in [5.74, 6) is -0.588. The van der Waals surface area contributed by atoms with Crippen molar-refractivity contribution in [1.82, 2.24) is 0 Å². The third-order valence-corrected chi connectivity index (χ3v) is 2.29. The monoisotopic (exact) mass is 168 g/mol.